The fourth-order valence-corrected chi connectivity index (χ4v) is 7.40. The average molecular weight is 809 g/mol. The molecule has 0 saturated carbocycles. The normalized spacial score (nSPS) is 14.5. The van der Waals surface area contributed by atoms with Gasteiger partial charge in [-0.1, -0.05) is 30.3 Å². The number of Topliss-reactive ketones (excluding diaryl/α,β-unsaturated/α-hetero) is 1. The molecule has 20 heteroatoms. The highest BCUT2D eigenvalue weighted by molar-refractivity contribution is 7.91. The summed E-state index contributed by atoms with van der Waals surface area (Å²) in [5, 5.41) is 21.7. The van der Waals surface area contributed by atoms with E-state index in [4.69, 9.17) is 5.73 Å². The van der Waals surface area contributed by atoms with Crippen molar-refractivity contribution in [2.24, 2.45) is 25.6 Å². The molecule has 1 aliphatic rings. The van der Waals surface area contributed by atoms with Crippen molar-refractivity contribution in [3.05, 3.63) is 125 Å². The Balaban J connectivity index is 1.32. The van der Waals surface area contributed by atoms with Crippen molar-refractivity contribution in [3.63, 3.8) is 0 Å². The van der Waals surface area contributed by atoms with Gasteiger partial charge in [-0.2, -0.15) is 10.2 Å². The summed E-state index contributed by atoms with van der Waals surface area (Å²) in [5.74, 6) is -0.890. The molecule has 0 amide bonds. The molecule has 0 atom stereocenters. The Morgan fingerprint density at radius 3 is 1.71 bits per heavy atom. The third-order valence-electron chi connectivity index (χ3n) is 8.39. The molecular formula is C36H22N7O10S3-3. The number of nitrogens with one attached hydrogen (secondary N) is 1. The Morgan fingerprint density at radius 1 is 0.554 bits per heavy atom. The Bertz CT molecular complexity index is 3110. The summed E-state index contributed by atoms with van der Waals surface area (Å²) >= 11 is 0. The molecule has 0 radical (unpaired) electrons. The number of nitrogen functional groups attached to an aromatic ring is 1. The smallest absolute Gasteiger partial charge is 0.215 e. The van der Waals surface area contributed by atoms with Crippen LogP contribution in [0.3, 0.4) is 0 Å². The van der Waals surface area contributed by atoms with E-state index in [0.717, 1.165) is 30.3 Å². The molecule has 1 aliphatic carbocycles. The Morgan fingerprint density at radius 2 is 1.11 bits per heavy atom. The van der Waals surface area contributed by atoms with E-state index in [1.165, 1.54) is 54.6 Å². The van der Waals surface area contributed by atoms with Crippen LogP contribution in [0, 0.1) is 0 Å². The van der Waals surface area contributed by atoms with Crippen LogP contribution in [0.2, 0.25) is 0 Å². The summed E-state index contributed by atoms with van der Waals surface area (Å²) in [5.41, 5.74) is 8.93. The van der Waals surface area contributed by atoms with Crippen LogP contribution in [0.1, 0.15) is 15.9 Å². The Labute approximate surface area is 317 Å². The quantitative estimate of drug-likeness (QED) is 0.0662. The fraction of sp³-hybridized carbons (Fsp3) is 0. The molecular weight excluding hydrogens is 787 g/mol. The Kier molecular flexibility index (Phi) is 9.62. The summed E-state index contributed by atoms with van der Waals surface area (Å²) in [6.45, 7) is 0. The average Bonchev–Trinajstić information content (AvgIpc) is 3.15. The zero-order chi connectivity index (χ0) is 40.0. The molecule has 0 aromatic heterocycles. The van der Waals surface area contributed by atoms with Crippen LogP contribution in [0.15, 0.2) is 149 Å². The van der Waals surface area contributed by atoms with E-state index < -0.39 is 56.5 Å². The van der Waals surface area contributed by atoms with E-state index in [2.05, 4.69) is 31.0 Å². The minimum atomic E-state index is -5.22. The molecule has 0 aliphatic heterocycles. The third kappa shape index (κ3) is 7.68. The number of anilines is 2. The molecule has 6 aromatic carbocycles. The second-order valence-corrected chi connectivity index (χ2v) is 16.1. The van der Waals surface area contributed by atoms with Crippen LogP contribution >= 0.6 is 0 Å². The van der Waals surface area contributed by atoms with Crippen LogP contribution in [0.4, 0.5) is 34.1 Å². The molecule has 17 nitrogen and oxygen atoms in total. The molecule has 0 fully saturated rings. The standard InChI is InChI=1S/C36H25N7O10S3/c37-21-6-9-25-20(16-21)17-34(56(51,52)53)35(36(25)44)43-42-31-13-15-33(29-19-24(55(48,49)50)8-11-27(29)31)41-40-30-12-14-32(39-38-22-4-2-1-3-5-22)28-18-23(54(45,46)47)7-10-26(28)30/h1-19,42H,37H2,(H,45,46,47)(H,48,49,50)(H,51,52,53)/p-3. The fourth-order valence-electron chi connectivity index (χ4n) is 5.76. The number of carbonyl (C=O) groups is 1. The minimum Gasteiger partial charge on any atom is -0.744 e. The van der Waals surface area contributed by atoms with Crippen molar-refractivity contribution in [2.75, 3.05) is 11.2 Å². The van der Waals surface area contributed by atoms with E-state index in [-0.39, 0.29) is 55.7 Å². The number of allylic oxidation sites excluding steroid dienone is 1. The largest absolute Gasteiger partial charge is 0.744 e. The number of nitrogens with zero attached hydrogens (tertiary/aromatic N) is 5. The van der Waals surface area contributed by atoms with E-state index in [1.807, 2.05) is 0 Å². The first-order chi connectivity index (χ1) is 26.5. The Hall–Kier alpha value is -6.55. The summed E-state index contributed by atoms with van der Waals surface area (Å²) in [6, 6.07) is 25.3. The van der Waals surface area contributed by atoms with Gasteiger partial charge in [0.05, 0.1) is 43.1 Å². The van der Waals surface area contributed by atoms with E-state index in [9.17, 15) is 43.7 Å². The van der Waals surface area contributed by atoms with Crippen LogP contribution in [0.25, 0.3) is 27.6 Å². The summed E-state index contributed by atoms with van der Waals surface area (Å²) < 4.78 is 108. The lowest BCUT2D eigenvalue weighted by molar-refractivity contribution is 0.106. The molecule has 0 bridgehead atoms. The van der Waals surface area contributed by atoms with Gasteiger partial charge < -0.3 is 19.4 Å². The van der Waals surface area contributed by atoms with Crippen LogP contribution in [-0.4, -0.2) is 50.4 Å². The van der Waals surface area contributed by atoms with Gasteiger partial charge in [-0.3, -0.25) is 10.2 Å². The molecule has 3 N–H and O–H groups in total. The number of ketones is 1. The summed E-state index contributed by atoms with van der Waals surface area (Å²) in [4.78, 5) is 11.3. The number of benzene rings is 6. The number of hydrogen-bond acceptors (Lipinski definition) is 17. The van der Waals surface area contributed by atoms with Gasteiger partial charge in [-0.25, -0.2) is 25.3 Å². The van der Waals surface area contributed by atoms with Crippen molar-refractivity contribution >= 4 is 104 Å². The van der Waals surface area contributed by atoms with Gasteiger partial charge in [0, 0.05) is 32.8 Å². The van der Waals surface area contributed by atoms with Crippen molar-refractivity contribution in [3.8, 4) is 0 Å². The SMILES string of the molecule is Nc1ccc2c(c1)C=C(S(=O)(=O)[O-])C(=NNc1ccc(N=Nc3ccc(N=Nc4ccccc4)c4cc(S(=O)(=O)[O-])ccc34)c3cc(S(=O)(=O)[O-])ccc13)C2=O. The second-order valence-electron chi connectivity index (χ2n) is 12.0. The van der Waals surface area contributed by atoms with Crippen LogP contribution in [-0.2, 0) is 30.4 Å². The minimum absolute atomic E-state index is 0.0198. The van der Waals surface area contributed by atoms with Gasteiger partial charge in [0.2, 0.25) is 5.78 Å². The summed E-state index contributed by atoms with van der Waals surface area (Å²) in [6.07, 6.45) is 0.978. The van der Waals surface area contributed by atoms with Crippen molar-refractivity contribution in [1.82, 2.24) is 0 Å². The van der Waals surface area contributed by atoms with Crippen LogP contribution < -0.4 is 11.2 Å². The lowest BCUT2D eigenvalue weighted by atomic mass is 9.94. The highest BCUT2D eigenvalue weighted by atomic mass is 32.2. The number of fused-ring (bicyclic) bond motifs is 3. The lowest BCUT2D eigenvalue weighted by Gasteiger charge is -2.20. The number of nitrogens with two attached hydrogens (primary N) is 1. The van der Waals surface area contributed by atoms with Crippen LogP contribution in [0.5, 0.6) is 0 Å². The first kappa shape index (κ1) is 37.8. The van der Waals surface area contributed by atoms with Gasteiger partial charge >= 0.3 is 0 Å². The molecule has 0 heterocycles. The third-order valence-corrected chi connectivity index (χ3v) is 10.9. The molecule has 56 heavy (non-hydrogen) atoms. The number of carbonyl (C=O) groups excluding carboxylic acids is 1. The predicted molar refractivity (Wildman–Crippen MR) is 203 cm³/mol. The highest BCUT2D eigenvalue weighted by Gasteiger charge is 2.30. The van der Waals surface area contributed by atoms with E-state index in [1.54, 1.807) is 30.3 Å². The number of rotatable bonds is 9. The number of hydrogen-bond donors (Lipinski definition) is 2. The van der Waals surface area contributed by atoms with E-state index >= 15 is 0 Å². The van der Waals surface area contributed by atoms with Crippen molar-refractivity contribution in [1.29, 1.82) is 0 Å². The van der Waals surface area contributed by atoms with Gasteiger partial charge in [0.25, 0.3) is 0 Å². The first-order valence-electron chi connectivity index (χ1n) is 15.9. The van der Waals surface area contributed by atoms with E-state index in [0.29, 0.717) is 11.1 Å². The molecule has 7 rings (SSSR count). The maximum atomic E-state index is 13.3. The second kappa shape index (κ2) is 14.3. The number of azo groups is 2. The van der Waals surface area contributed by atoms with Crippen molar-refractivity contribution in [2.45, 2.75) is 9.79 Å². The maximum absolute atomic E-state index is 13.3. The van der Waals surface area contributed by atoms with Gasteiger partial charge in [-0.15, -0.1) is 15.3 Å². The lowest BCUT2D eigenvalue weighted by Crippen LogP contribution is -2.27. The monoisotopic (exact) mass is 808 g/mol. The number of hydrazone groups is 1. The molecule has 0 unspecified atom stereocenters. The zero-order valence-corrected chi connectivity index (χ0v) is 30.5. The molecule has 0 spiro atoms. The predicted octanol–water partition coefficient (Wildman–Crippen LogP) is 6.76. The molecule has 282 valence electrons. The van der Waals surface area contributed by atoms with Crippen molar-refractivity contribution < 1.29 is 43.7 Å². The molecule has 6 aromatic rings. The molecule has 0 saturated heterocycles. The summed E-state index contributed by atoms with van der Waals surface area (Å²) in [7, 11) is -15.1. The zero-order valence-electron chi connectivity index (χ0n) is 28.1. The van der Waals surface area contributed by atoms with Gasteiger partial charge in [0.1, 0.15) is 36.1 Å². The maximum Gasteiger partial charge on any atom is 0.215 e. The topological polar surface area (TPSA) is 289 Å². The first-order valence-corrected chi connectivity index (χ1v) is 20.1. The van der Waals surface area contributed by atoms with Gasteiger partial charge in [0.15, 0.2) is 0 Å². The van der Waals surface area contributed by atoms with Gasteiger partial charge in [-0.05, 0) is 90.5 Å². The highest BCUT2D eigenvalue weighted by Crippen LogP contribution is 2.39.